The molecule has 1 heterocycles. The molecule has 6 heteroatoms. The lowest BCUT2D eigenvalue weighted by Crippen LogP contribution is -2.25. The van der Waals surface area contributed by atoms with E-state index in [4.69, 9.17) is 5.73 Å². The number of rotatable bonds is 1. The summed E-state index contributed by atoms with van der Waals surface area (Å²) in [6, 6.07) is 5.46. The monoisotopic (exact) mass is 195 g/mol. The normalized spacial score (nSPS) is 10.4. The molecule has 0 aliphatic rings. The highest BCUT2D eigenvalue weighted by molar-refractivity contribution is 5.66. The summed E-state index contributed by atoms with van der Waals surface area (Å²) in [5.74, 6) is -0.520. The molecule has 0 aliphatic heterocycles. The van der Waals surface area contributed by atoms with Crippen LogP contribution in [0.3, 0.4) is 0 Å². The molecule has 2 N–H and O–H groups in total. The zero-order chi connectivity index (χ0) is 10.1. The molecule has 0 bridgehead atoms. The minimum atomic E-state index is -0.455. The molecule has 0 saturated carbocycles. The zero-order valence-corrected chi connectivity index (χ0v) is 6.98. The van der Waals surface area contributed by atoms with Crippen molar-refractivity contribution in [1.82, 2.24) is 5.16 Å². The van der Waals surface area contributed by atoms with E-state index in [2.05, 4.69) is 9.79 Å². The van der Waals surface area contributed by atoms with Crippen LogP contribution in [-0.4, -0.2) is 5.16 Å². The van der Waals surface area contributed by atoms with E-state index >= 15 is 0 Å². The molecular weight excluding hydrogens is 189 g/mol. The molecule has 0 amide bonds. The van der Waals surface area contributed by atoms with Crippen LogP contribution in [0.5, 0.6) is 0 Å². The van der Waals surface area contributed by atoms with Crippen molar-refractivity contribution in [2.24, 2.45) is 0 Å². The molecular formula is C8H6FN3O2. The van der Waals surface area contributed by atoms with Crippen molar-refractivity contribution in [2.75, 3.05) is 5.73 Å². The Balaban J connectivity index is 2.59. The average Bonchev–Trinajstić information content (AvgIpc) is 2.46. The van der Waals surface area contributed by atoms with E-state index in [1.807, 2.05) is 0 Å². The van der Waals surface area contributed by atoms with Crippen molar-refractivity contribution in [3.8, 4) is 11.3 Å². The van der Waals surface area contributed by atoms with Crippen molar-refractivity contribution >= 4 is 5.82 Å². The van der Waals surface area contributed by atoms with Crippen LogP contribution in [0, 0.1) is 11.0 Å². The minimum Gasteiger partial charge on any atom is -0.359 e. The Morgan fingerprint density at radius 2 is 2.29 bits per heavy atom. The first-order chi connectivity index (χ1) is 6.68. The molecule has 5 nitrogen and oxygen atoms in total. The zero-order valence-electron chi connectivity index (χ0n) is 6.98. The first-order valence-corrected chi connectivity index (χ1v) is 3.79. The standard InChI is InChI=1S/C8H6FN3O2/c9-6-3-1-2-5(4-6)7-8(10)11-14-12(7)13/h1-4H,(H2,10,11). The first kappa shape index (κ1) is 8.49. The Labute approximate surface area is 78.1 Å². The second-order valence-corrected chi connectivity index (χ2v) is 2.67. The van der Waals surface area contributed by atoms with Crippen LogP contribution in [0.1, 0.15) is 0 Å². The molecule has 1 aromatic carbocycles. The van der Waals surface area contributed by atoms with Crippen LogP contribution < -0.4 is 10.6 Å². The van der Waals surface area contributed by atoms with Gasteiger partial charge in [0.2, 0.25) is 0 Å². The van der Waals surface area contributed by atoms with Crippen LogP contribution in [0.4, 0.5) is 10.2 Å². The largest absolute Gasteiger partial charge is 0.359 e. The SMILES string of the molecule is Nc1no[n+]([O-])c1-c1cccc(F)c1. The molecule has 0 atom stereocenters. The van der Waals surface area contributed by atoms with Gasteiger partial charge in [-0.25, -0.2) is 4.39 Å². The van der Waals surface area contributed by atoms with E-state index in [0.717, 1.165) is 0 Å². The molecule has 0 radical (unpaired) electrons. The van der Waals surface area contributed by atoms with Crippen LogP contribution in [0.2, 0.25) is 0 Å². The predicted octanol–water partition coefficient (Wildman–Crippen LogP) is 0.696. The average molecular weight is 195 g/mol. The summed E-state index contributed by atoms with van der Waals surface area (Å²) in [5.41, 5.74) is 5.73. The Morgan fingerprint density at radius 3 is 2.86 bits per heavy atom. The van der Waals surface area contributed by atoms with Crippen molar-refractivity contribution < 1.29 is 13.9 Å². The summed E-state index contributed by atoms with van der Waals surface area (Å²) < 4.78 is 17.1. The summed E-state index contributed by atoms with van der Waals surface area (Å²) >= 11 is 0. The van der Waals surface area contributed by atoms with Crippen molar-refractivity contribution in [3.05, 3.63) is 35.3 Å². The number of hydrogen-bond donors (Lipinski definition) is 1. The second-order valence-electron chi connectivity index (χ2n) is 2.67. The van der Waals surface area contributed by atoms with Gasteiger partial charge in [0.15, 0.2) is 0 Å². The maximum absolute atomic E-state index is 12.8. The maximum Gasteiger partial charge on any atom is 0.313 e. The van der Waals surface area contributed by atoms with Crippen LogP contribution in [0.15, 0.2) is 28.9 Å². The molecule has 2 aromatic rings. The predicted molar refractivity (Wildman–Crippen MR) is 45.3 cm³/mol. The molecule has 0 unspecified atom stereocenters. The number of nitrogen functional groups attached to an aromatic ring is 1. The van der Waals surface area contributed by atoms with Gasteiger partial charge < -0.3 is 10.9 Å². The molecule has 0 saturated heterocycles. The van der Waals surface area contributed by atoms with Gasteiger partial charge in [0.1, 0.15) is 5.82 Å². The number of halogens is 1. The Morgan fingerprint density at radius 1 is 1.50 bits per heavy atom. The Hall–Kier alpha value is -2.11. The van der Waals surface area contributed by atoms with Crippen molar-refractivity contribution in [2.45, 2.75) is 0 Å². The molecule has 2 rings (SSSR count). The summed E-state index contributed by atoms with van der Waals surface area (Å²) in [5, 5.41) is 14.3. The highest BCUT2D eigenvalue weighted by atomic mass is 19.1. The maximum atomic E-state index is 12.8. The first-order valence-electron chi connectivity index (χ1n) is 3.79. The van der Waals surface area contributed by atoms with E-state index in [1.165, 1.54) is 18.2 Å². The molecule has 1 aromatic heterocycles. The number of benzene rings is 1. The third kappa shape index (κ3) is 1.26. The number of nitrogens with zero attached hydrogens (tertiary/aromatic N) is 2. The van der Waals surface area contributed by atoms with Crippen molar-refractivity contribution in [3.63, 3.8) is 0 Å². The van der Waals surface area contributed by atoms with Gasteiger partial charge in [-0.05, 0) is 17.0 Å². The molecule has 14 heavy (non-hydrogen) atoms. The Kier molecular flexibility index (Phi) is 1.81. The van der Waals surface area contributed by atoms with Crippen LogP contribution in [-0.2, 0) is 0 Å². The van der Waals surface area contributed by atoms with Crippen LogP contribution >= 0.6 is 0 Å². The summed E-state index contributed by atoms with van der Waals surface area (Å²) in [7, 11) is 0. The second kappa shape index (κ2) is 2.99. The fourth-order valence-corrected chi connectivity index (χ4v) is 1.15. The van der Waals surface area contributed by atoms with E-state index in [0.29, 0.717) is 5.56 Å². The lowest BCUT2D eigenvalue weighted by Gasteiger charge is -1.96. The summed E-state index contributed by atoms with van der Waals surface area (Å²) in [4.78, 5) is 0.143. The lowest BCUT2D eigenvalue weighted by atomic mass is 10.1. The topological polar surface area (TPSA) is 79.0 Å². The Bertz CT molecular complexity index is 450. The highest BCUT2D eigenvalue weighted by Crippen LogP contribution is 2.20. The molecule has 0 spiro atoms. The van der Waals surface area contributed by atoms with Crippen LogP contribution in [0.25, 0.3) is 11.3 Å². The van der Waals surface area contributed by atoms with Gasteiger partial charge in [0, 0.05) is 5.56 Å². The number of nitrogens with two attached hydrogens (primary N) is 1. The fourth-order valence-electron chi connectivity index (χ4n) is 1.15. The van der Waals surface area contributed by atoms with Gasteiger partial charge in [0.25, 0.3) is 5.69 Å². The molecule has 72 valence electrons. The van der Waals surface area contributed by atoms with Gasteiger partial charge >= 0.3 is 5.82 Å². The highest BCUT2D eigenvalue weighted by Gasteiger charge is 2.17. The fraction of sp³-hybridized carbons (Fsp3) is 0. The number of aromatic nitrogens is 2. The van der Waals surface area contributed by atoms with Gasteiger partial charge in [-0.2, -0.15) is 0 Å². The third-order valence-corrected chi connectivity index (χ3v) is 1.74. The van der Waals surface area contributed by atoms with Gasteiger partial charge in [-0.3, -0.25) is 4.63 Å². The molecule has 0 aliphatic carbocycles. The van der Waals surface area contributed by atoms with E-state index in [9.17, 15) is 9.60 Å². The summed E-state index contributed by atoms with van der Waals surface area (Å²) in [6.45, 7) is 0. The van der Waals surface area contributed by atoms with E-state index in [-0.39, 0.29) is 16.4 Å². The van der Waals surface area contributed by atoms with Gasteiger partial charge in [0.05, 0.1) is 5.16 Å². The lowest BCUT2D eigenvalue weighted by molar-refractivity contribution is -0.793. The minimum absolute atomic E-state index is 0.0181. The smallest absolute Gasteiger partial charge is 0.313 e. The number of anilines is 1. The van der Waals surface area contributed by atoms with E-state index < -0.39 is 5.82 Å². The quantitative estimate of drug-likeness (QED) is 0.679. The summed E-state index contributed by atoms with van der Waals surface area (Å²) in [6.07, 6.45) is 0. The van der Waals surface area contributed by atoms with Crippen molar-refractivity contribution in [1.29, 1.82) is 0 Å². The molecule has 0 fully saturated rings. The van der Waals surface area contributed by atoms with E-state index in [1.54, 1.807) is 6.07 Å². The third-order valence-electron chi connectivity index (χ3n) is 1.74. The van der Waals surface area contributed by atoms with Gasteiger partial charge in [-0.15, -0.1) is 0 Å². The number of hydrogen-bond acceptors (Lipinski definition) is 4. The van der Waals surface area contributed by atoms with Gasteiger partial charge in [-0.1, -0.05) is 12.1 Å².